The molecule has 0 spiro atoms. The summed E-state index contributed by atoms with van der Waals surface area (Å²) in [7, 11) is 0. The van der Waals surface area contributed by atoms with Crippen molar-refractivity contribution in [2.24, 2.45) is 0 Å². The van der Waals surface area contributed by atoms with E-state index in [-0.39, 0.29) is 11.6 Å². The summed E-state index contributed by atoms with van der Waals surface area (Å²) in [6, 6.07) is 4.57. The number of halogens is 1. The maximum Gasteiger partial charge on any atom is 0.163 e. The number of ketones is 1. The summed E-state index contributed by atoms with van der Waals surface area (Å²) < 4.78 is 13.1. The average molecular weight is 192 g/mol. The Morgan fingerprint density at radius 1 is 1.57 bits per heavy atom. The summed E-state index contributed by atoms with van der Waals surface area (Å²) in [6.07, 6.45) is 2.71. The Hall–Kier alpha value is -1.44. The molecule has 1 aromatic rings. The van der Waals surface area contributed by atoms with Gasteiger partial charge in [-0.05, 0) is 25.0 Å². The molecule has 0 fully saturated rings. The van der Waals surface area contributed by atoms with Gasteiger partial charge < -0.3 is 0 Å². The molecule has 0 heterocycles. The largest absolute Gasteiger partial charge is 0.294 e. The Morgan fingerprint density at radius 3 is 2.86 bits per heavy atom. The van der Waals surface area contributed by atoms with E-state index in [1.54, 1.807) is 25.1 Å². The molecule has 0 N–H and O–H groups in total. The number of carbonyl (C=O) groups excluding carboxylic acids is 1. The Morgan fingerprint density at radius 2 is 2.29 bits per heavy atom. The summed E-state index contributed by atoms with van der Waals surface area (Å²) in [6.45, 7) is 5.21. The van der Waals surface area contributed by atoms with Crippen molar-refractivity contribution >= 4 is 5.78 Å². The van der Waals surface area contributed by atoms with Crippen molar-refractivity contribution in [2.75, 3.05) is 0 Å². The fourth-order valence-electron chi connectivity index (χ4n) is 1.14. The van der Waals surface area contributed by atoms with E-state index in [9.17, 15) is 9.18 Å². The monoisotopic (exact) mass is 192 g/mol. The molecule has 2 heteroatoms. The van der Waals surface area contributed by atoms with Crippen molar-refractivity contribution in [1.29, 1.82) is 0 Å². The van der Waals surface area contributed by atoms with Gasteiger partial charge in [0.25, 0.3) is 0 Å². The van der Waals surface area contributed by atoms with Gasteiger partial charge in [-0.2, -0.15) is 0 Å². The fourth-order valence-corrected chi connectivity index (χ4v) is 1.14. The summed E-state index contributed by atoms with van der Waals surface area (Å²) in [5.41, 5.74) is 1.00. The molecule has 0 aliphatic rings. The molecule has 1 aromatic carbocycles. The Labute approximate surface area is 83.3 Å². The third-order valence-electron chi connectivity index (χ3n) is 2.07. The molecule has 0 saturated carbocycles. The van der Waals surface area contributed by atoms with Crippen LogP contribution >= 0.6 is 0 Å². The number of hydrogen-bond acceptors (Lipinski definition) is 1. The topological polar surface area (TPSA) is 17.1 Å². The van der Waals surface area contributed by atoms with Crippen LogP contribution in [0, 0.1) is 12.7 Å². The third-order valence-corrected chi connectivity index (χ3v) is 2.07. The minimum absolute atomic E-state index is 0.0381. The normalized spacial score (nSPS) is 9.86. The highest BCUT2D eigenvalue weighted by Crippen LogP contribution is 2.11. The number of hydrogen-bond donors (Lipinski definition) is 0. The van der Waals surface area contributed by atoms with Crippen LogP contribution in [0.4, 0.5) is 4.39 Å². The van der Waals surface area contributed by atoms with Crippen molar-refractivity contribution in [3.05, 3.63) is 47.8 Å². The quantitative estimate of drug-likeness (QED) is 0.528. The first kappa shape index (κ1) is 10.6. The van der Waals surface area contributed by atoms with E-state index < -0.39 is 0 Å². The highest BCUT2D eigenvalue weighted by Gasteiger charge is 2.06. The molecule has 1 rings (SSSR count). The van der Waals surface area contributed by atoms with Crippen LogP contribution < -0.4 is 0 Å². The number of carbonyl (C=O) groups is 1. The number of aryl methyl sites for hydroxylation is 1. The van der Waals surface area contributed by atoms with Crippen LogP contribution in [0.5, 0.6) is 0 Å². The molecule has 0 saturated heterocycles. The van der Waals surface area contributed by atoms with Crippen LogP contribution in [-0.2, 0) is 0 Å². The summed E-state index contributed by atoms with van der Waals surface area (Å²) in [5, 5.41) is 0. The van der Waals surface area contributed by atoms with E-state index in [2.05, 4.69) is 6.58 Å². The molecular weight excluding hydrogens is 179 g/mol. The maximum absolute atomic E-state index is 13.1. The number of Topliss-reactive ketones (excluding diaryl/α,β-unsaturated/α-hetero) is 1. The number of benzene rings is 1. The van der Waals surface area contributed by atoms with Gasteiger partial charge in [0, 0.05) is 12.0 Å². The smallest absolute Gasteiger partial charge is 0.163 e. The lowest BCUT2D eigenvalue weighted by Crippen LogP contribution is -1.99. The minimum atomic E-state index is -0.325. The zero-order chi connectivity index (χ0) is 10.6. The lowest BCUT2D eigenvalue weighted by atomic mass is 10.0. The van der Waals surface area contributed by atoms with Crippen LogP contribution in [0.25, 0.3) is 0 Å². The van der Waals surface area contributed by atoms with Crippen molar-refractivity contribution in [2.45, 2.75) is 19.8 Å². The van der Waals surface area contributed by atoms with Crippen molar-refractivity contribution in [3.8, 4) is 0 Å². The van der Waals surface area contributed by atoms with E-state index in [1.165, 1.54) is 6.07 Å². The summed E-state index contributed by atoms with van der Waals surface area (Å²) >= 11 is 0. The van der Waals surface area contributed by atoms with Crippen molar-refractivity contribution < 1.29 is 9.18 Å². The molecule has 0 aliphatic carbocycles. The van der Waals surface area contributed by atoms with Gasteiger partial charge in [-0.25, -0.2) is 4.39 Å². The van der Waals surface area contributed by atoms with E-state index >= 15 is 0 Å². The lowest BCUT2D eigenvalue weighted by Gasteiger charge is -2.01. The zero-order valence-corrected chi connectivity index (χ0v) is 8.22. The first-order valence-corrected chi connectivity index (χ1v) is 4.55. The zero-order valence-electron chi connectivity index (χ0n) is 8.22. The molecule has 74 valence electrons. The predicted octanol–water partition coefficient (Wildman–Crippen LogP) is 3.28. The van der Waals surface area contributed by atoms with Crippen LogP contribution in [0.15, 0.2) is 30.9 Å². The molecule has 0 unspecified atom stereocenters. The first-order chi connectivity index (χ1) is 6.65. The molecule has 0 radical (unpaired) electrons. The standard InChI is InChI=1S/C12H13FO/c1-3-4-5-12(14)10-7-6-9(2)11(13)8-10/h3,6-8H,1,4-5H2,2H3. The fraction of sp³-hybridized carbons (Fsp3) is 0.250. The second-order valence-corrected chi connectivity index (χ2v) is 3.21. The van der Waals surface area contributed by atoms with E-state index in [4.69, 9.17) is 0 Å². The summed E-state index contributed by atoms with van der Waals surface area (Å²) in [4.78, 5) is 11.5. The second-order valence-electron chi connectivity index (χ2n) is 3.21. The Balaban J connectivity index is 2.80. The van der Waals surface area contributed by atoms with E-state index in [0.29, 0.717) is 24.0 Å². The number of allylic oxidation sites excluding steroid dienone is 1. The van der Waals surface area contributed by atoms with Crippen LogP contribution in [-0.4, -0.2) is 5.78 Å². The van der Waals surface area contributed by atoms with Gasteiger partial charge in [-0.3, -0.25) is 4.79 Å². The van der Waals surface area contributed by atoms with Gasteiger partial charge in [-0.1, -0.05) is 18.2 Å². The number of rotatable bonds is 4. The van der Waals surface area contributed by atoms with Crippen molar-refractivity contribution in [1.82, 2.24) is 0 Å². The highest BCUT2D eigenvalue weighted by atomic mass is 19.1. The first-order valence-electron chi connectivity index (χ1n) is 4.55. The molecule has 1 nitrogen and oxygen atoms in total. The Bertz CT molecular complexity index is 355. The molecule has 0 amide bonds. The van der Waals surface area contributed by atoms with Gasteiger partial charge in [-0.15, -0.1) is 6.58 Å². The molecule has 0 aromatic heterocycles. The summed E-state index contributed by atoms with van der Waals surface area (Å²) in [5.74, 6) is -0.363. The Kier molecular flexibility index (Phi) is 3.57. The molecule has 0 atom stereocenters. The predicted molar refractivity (Wildman–Crippen MR) is 54.9 cm³/mol. The molecule has 14 heavy (non-hydrogen) atoms. The SMILES string of the molecule is C=CCCC(=O)c1ccc(C)c(F)c1. The van der Waals surface area contributed by atoms with Gasteiger partial charge in [0.05, 0.1) is 0 Å². The average Bonchev–Trinajstić information content (AvgIpc) is 2.18. The van der Waals surface area contributed by atoms with Crippen LogP contribution in [0.2, 0.25) is 0 Å². The van der Waals surface area contributed by atoms with Crippen molar-refractivity contribution in [3.63, 3.8) is 0 Å². The van der Waals surface area contributed by atoms with Gasteiger partial charge in [0.15, 0.2) is 5.78 Å². The van der Waals surface area contributed by atoms with E-state index in [0.717, 1.165) is 0 Å². The molecule has 0 aliphatic heterocycles. The second kappa shape index (κ2) is 4.70. The minimum Gasteiger partial charge on any atom is -0.294 e. The third kappa shape index (κ3) is 2.52. The van der Waals surface area contributed by atoms with E-state index in [1.807, 2.05) is 0 Å². The van der Waals surface area contributed by atoms with Gasteiger partial charge in [0.2, 0.25) is 0 Å². The molecule has 0 bridgehead atoms. The van der Waals surface area contributed by atoms with Gasteiger partial charge >= 0.3 is 0 Å². The maximum atomic E-state index is 13.1. The highest BCUT2D eigenvalue weighted by molar-refractivity contribution is 5.96. The van der Waals surface area contributed by atoms with Crippen LogP contribution in [0.1, 0.15) is 28.8 Å². The van der Waals surface area contributed by atoms with Crippen LogP contribution in [0.3, 0.4) is 0 Å². The van der Waals surface area contributed by atoms with Gasteiger partial charge in [0.1, 0.15) is 5.82 Å². The molecular formula is C12H13FO. The lowest BCUT2D eigenvalue weighted by molar-refractivity contribution is 0.0983.